The first-order valence-electron chi connectivity index (χ1n) is 5.25. The Bertz CT molecular complexity index is 463. The van der Waals surface area contributed by atoms with Crippen molar-refractivity contribution in [1.29, 1.82) is 0 Å². The van der Waals surface area contributed by atoms with Crippen LogP contribution in [0.2, 0.25) is 0 Å². The van der Waals surface area contributed by atoms with Gasteiger partial charge >= 0.3 is 0 Å². The molecular formula is C13H15N3. The minimum Gasteiger partial charge on any atom is -0.399 e. The van der Waals surface area contributed by atoms with Crippen LogP contribution < -0.4 is 11.1 Å². The summed E-state index contributed by atoms with van der Waals surface area (Å²) in [6, 6.07) is 11.7. The second-order valence-corrected chi connectivity index (χ2v) is 3.74. The van der Waals surface area contributed by atoms with Gasteiger partial charge in [-0.3, -0.25) is 4.98 Å². The number of aromatic nitrogens is 1. The van der Waals surface area contributed by atoms with E-state index in [0.717, 1.165) is 23.6 Å². The Morgan fingerprint density at radius 2 is 1.94 bits per heavy atom. The van der Waals surface area contributed by atoms with Crippen LogP contribution in [0.4, 0.5) is 11.4 Å². The Balaban J connectivity index is 2.02. The van der Waals surface area contributed by atoms with Crippen LogP contribution in [0.3, 0.4) is 0 Å². The Kier molecular flexibility index (Phi) is 3.05. The van der Waals surface area contributed by atoms with E-state index in [1.165, 1.54) is 5.56 Å². The van der Waals surface area contributed by atoms with E-state index < -0.39 is 0 Å². The average molecular weight is 213 g/mol. The summed E-state index contributed by atoms with van der Waals surface area (Å²) in [5.74, 6) is 0. The Morgan fingerprint density at radius 1 is 1.19 bits per heavy atom. The number of hydrogen-bond acceptors (Lipinski definition) is 3. The van der Waals surface area contributed by atoms with Gasteiger partial charge in [0.05, 0.1) is 12.2 Å². The number of anilines is 2. The third kappa shape index (κ3) is 2.51. The summed E-state index contributed by atoms with van der Waals surface area (Å²) in [5.41, 5.74) is 9.72. The molecule has 0 unspecified atom stereocenters. The first kappa shape index (κ1) is 10.5. The molecule has 0 aliphatic heterocycles. The minimum atomic E-state index is 0.733. The van der Waals surface area contributed by atoms with Gasteiger partial charge in [-0.25, -0.2) is 0 Å². The summed E-state index contributed by atoms with van der Waals surface area (Å²) < 4.78 is 0. The average Bonchev–Trinajstić information content (AvgIpc) is 2.30. The first-order chi connectivity index (χ1) is 7.75. The van der Waals surface area contributed by atoms with E-state index in [1.54, 1.807) is 0 Å². The van der Waals surface area contributed by atoms with Gasteiger partial charge < -0.3 is 11.1 Å². The van der Waals surface area contributed by atoms with Crippen molar-refractivity contribution in [3.63, 3.8) is 0 Å². The summed E-state index contributed by atoms with van der Waals surface area (Å²) >= 11 is 0. The molecule has 0 bridgehead atoms. The van der Waals surface area contributed by atoms with Crippen LogP contribution >= 0.6 is 0 Å². The molecule has 82 valence electrons. The lowest BCUT2D eigenvalue weighted by molar-refractivity contribution is 1.02. The number of nitrogens with one attached hydrogen (secondary N) is 1. The Labute approximate surface area is 95.3 Å². The van der Waals surface area contributed by atoms with Crippen molar-refractivity contribution >= 4 is 11.4 Å². The molecule has 0 aliphatic carbocycles. The topological polar surface area (TPSA) is 50.9 Å². The highest BCUT2D eigenvalue weighted by molar-refractivity contribution is 5.51. The standard InChI is InChI=1S/C13H15N3/c1-10-3-2-8-15-13(10)9-16-12-6-4-11(14)5-7-12/h2-8,16H,9,14H2,1H3. The number of pyridine rings is 1. The normalized spacial score (nSPS) is 10.1. The van der Waals surface area contributed by atoms with E-state index in [9.17, 15) is 0 Å². The van der Waals surface area contributed by atoms with Gasteiger partial charge in [0.1, 0.15) is 0 Å². The van der Waals surface area contributed by atoms with Gasteiger partial charge in [0.2, 0.25) is 0 Å². The summed E-state index contributed by atoms with van der Waals surface area (Å²) in [7, 11) is 0. The first-order valence-corrected chi connectivity index (χ1v) is 5.25. The van der Waals surface area contributed by atoms with Crippen molar-refractivity contribution in [3.05, 3.63) is 53.9 Å². The molecule has 16 heavy (non-hydrogen) atoms. The Hall–Kier alpha value is -2.03. The van der Waals surface area contributed by atoms with Gasteiger partial charge in [-0.15, -0.1) is 0 Å². The van der Waals surface area contributed by atoms with E-state index in [2.05, 4.69) is 23.3 Å². The summed E-state index contributed by atoms with van der Waals surface area (Å²) in [4.78, 5) is 4.32. The van der Waals surface area contributed by atoms with Crippen LogP contribution in [-0.4, -0.2) is 4.98 Å². The summed E-state index contributed by atoms with van der Waals surface area (Å²) in [6.45, 7) is 2.80. The molecule has 2 aromatic rings. The van der Waals surface area contributed by atoms with Crippen LogP contribution in [-0.2, 0) is 6.54 Å². The fraction of sp³-hybridized carbons (Fsp3) is 0.154. The van der Waals surface area contributed by atoms with Gasteiger partial charge in [0, 0.05) is 17.6 Å². The lowest BCUT2D eigenvalue weighted by Crippen LogP contribution is -2.03. The second-order valence-electron chi connectivity index (χ2n) is 3.74. The van der Waals surface area contributed by atoms with Crippen LogP contribution in [0.15, 0.2) is 42.6 Å². The molecule has 0 atom stereocenters. The second kappa shape index (κ2) is 4.66. The molecule has 0 spiro atoms. The van der Waals surface area contributed by atoms with E-state index >= 15 is 0 Å². The highest BCUT2D eigenvalue weighted by atomic mass is 14.9. The largest absolute Gasteiger partial charge is 0.399 e. The van der Waals surface area contributed by atoms with Crippen LogP contribution in [0.5, 0.6) is 0 Å². The number of rotatable bonds is 3. The van der Waals surface area contributed by atoms with Gasteiger partial charge in [-0.05, 0) is 42.8 Å². The van der Waals surface area contributed by atoms with Crippen LogP contribution in [0.25, 0.3) is 0 Å². The van der Waals surface area contributed by atoms with Crippen molar-refractivity contribution in [2.45, 2.75) is 13.5 Å². The third-order valence-corrected chi connectivity index (χ3v) is 2.49. The smallest absolute Gasteiger partial charge is 0.0623 e. The molecule has 3 nitrogen and oxygen atoms in total. The van der Waals surface area contributed by atoms with E-state index in [0.29, 0.717) is 0 Å². The maximum atomic E-state index is 5.62. The third-order valence-electron chi connectivity index (χ3n) is 2.49. The summed E-state index contributed by atoms with van der Waals surface area (Å²) in [5, 5.41) is 3.31. The SMILES string of the molecule is Cc1cccnc1CNc1ccc(N)cc1. The number of nitrogens with zero attached hydrogens (tertiary/aromatic N) is 1. The van der Waals surface area contributed by atoms with E-state index in [-0.39, 0.29) is 0 Å². The number of nitrogens with two attached hydrogens (primary N) is 1. The maximum Gasteiger partial charge on any atom is 0.0623 e. The molecule has 1 heterocycles. The van der Waals surface area contributed by atoms with Crippen molar-refractivity contribution in [3.8, 4) is 0 Å². The van der Waals surface area contributed by atoms with Crippen molar-refractivity contribution < 1.29 is 0 Å². The Morgan fingerprint density at radius 3 is 2.62 bits per heavy atom. The molecule has 0 radical (unpaired) electrons. The minimum absolute atomic E-state index is 0.733. The lowest BCUT2D eigenvalue weighted by atomic mass is 10.2. The molecule has 0 saturated heterocycles. The fourth-order valence-electron chi connectivity index (χ4n) is 1.49. The van der Waals surface area contributed by atoms with Gasteiger partial charge in [-0.2, -0.15) is 0 Å². The molecule has 2 rings (SSSR count). The molecule has 1 aromatic heterocycles. The zero-order valence-corrected chi connectivity index (χ0v) is 9.27. The maximum absolute atomic E-state index is 5.62. The number of hydrogen-bond donors (Lipinski definition) is 2. The zero-order chi connectivity index (χ0) is 11.4. The van der Waals surface area contributed by atoms with E-state index in [1.807, 2.05) is 36.5 Å². The molecule has 3 N–H and O–H groups in total. The zero-order valence-electron chi connectivity index (χ0n) is 9.27. The number of benzene rings is 1. The molecule has 1 aromatic carbocycles. The molecule has 0 saturated carbocycles. The summed E-state index contributed by atoms with van der Waals surface area (Å²) in [6.07, 6.45) is 1.81. The fourth-order valence-corrected chi connectivity index (χ4v) is 1.49. The van der Waals surface area contributed by atoms with Gasteiger partial charge in [0.25, 0.3) is 0 Å². The van der Waals surface area contributed by atoms with Crippen LogP contribution in [0, 0.1) is 6.92 Å². The molecular weight excluding hydrogens is 198 g/mol. The lowest BCUT2D eigenvalue weighted by Gasteiger charge is -2.07. The van der Waals surface area contributed by atoms with E-state index in [4.69, 9.17) is 5.73 Å². The monoisotopic (exact) mass is 213 g/mol. The van der Waals surface area contributed by atoms with Crippen molar-refractivity contribution in [2.24, 2.45) is 0 Å². The molecule has 0 aliphatic rings. The number of nitrogen functional groups attached to an aromatic ring is 1. The quantitative estimate of drug-likeness (QED) is 0.770. The predicted octanol–water partition coefficient (Wildman–Crippen LogP) is 2.58. The van der Waals surface area contributed by atoms with Gasteiger partial charge in [-0.1, -0.05) is 6.07 Å². The molecule has 0 fully saturated rings. The molecule has 3 heteroatoms. The van der Waals surface area contributed by atoms with Crippen LogP contribution in [0.1, 0.15) is 11.3 Å². The van der Waals surface area contributed by atoms with Crippen molar-refractivity contribution in [2.75, 3.05) is 11.1 Å². The van der Waals surface area contributed by atoms with Gasteiger partial charge in [0.15, 0.2) is 0 Å². The highest BCUT2D eigenvalue weighted by Gasteiger charge is 1.98. The molecule has 0 amide bonds. The number of aryl methyl sites for hydroxylation is 1. The van der Waals surface area contributed by atoms with Crippen molar-refractivity contribution in [1.82, 2.24) is 4.98 Å². The predicted molar refractivity (Wildman–Crippen MR) is 67.2 cm³/mol. The highest BCUT2D eigenvalue weighted by Crippen LogP contribution is 2.12.